The van der Waals surface area contributed by atoms with Crippen LogP contribution >= 0.6 is 0 Å². The number of nitrogens with zero attached hydrogens (tertiary/aromatic N) is 4. The first-order chi connectivity index (χ1) is 15.7. The number of halogens is 1. The predicted molar refractivity (Wildman–Crippen MR) is 127 cm³/mol. The molecule has 8 heteroatoms. The van der Waals surface area contributed by atoms with E-state index in [9.17, 15) is 4.39 Å². The molecule has 3 aromatic rings. The monoisotopic (exact) mass is 436 g/mol. The molecule has 1 aromatic heterocycles. The average molecular weight is 437 g/mol. The molecule has 7 nitrogen and oxygen atoms in total. The summed E-state index contributed by atoms with van der Waals surface area (Å²) in [7, 11) is 0. The van der Waals surface area contributed by atoms with E-state index in [1.54, 1.807) is 6.07 Å². The number of benzene rings is 2. The topological polar surface area (TPSA) is 79.5 Å². The highest BCUT2D eigenvalue weighted by Crippen LogP contribution is 2.30. The number of unbranched alkanes of at least 4 members (excludes halogenated alkanes) is 1. The van der Waals surface area contributed by atoms with Crippen LogP contribution in [-0.4, -0.2) is 42.8 Å². The number of ether oxygens (including phenoxy) is 1. The van der Waals surface area contributed by atoms with Crippen LogP contribution in [0, 0.1) is 5.82 Å². The van der Waals surface area contributed by atoms with Gasteiger partial charge in [0.05, 0.1) is 12.3 Å². The molecule has 1 aliphatic heterocycles. The average Bonchev–Trinajstić information content (AvgIpc) is 2.82. The highest BCUT2D eigenvalue weighted by Gasteiger charge is 2.22. The van der Waals surface area contributed by atoms with Crippen LogP contribution in [0.2, 0.25) is 0 Å². The molecule has 2 aromatic carbocycles. The number of piperazine rings is 1. The van der Waals surface area contributed by atoms with Gasteiger partial charge in [-0.25, -0.2) is 14.4 Å². The molecule has 1 aliphatic rings. The molecule has 32 heavy (non-hydrogen) atoms. The molecule has 1 saturated heterocycles. The van der Waals surface area contributed by atoms with Crippen molar-refractivity contribution in [3.63, 3.8) is 0 Å². The van der Waals surface area contributed by atoms with Gasteiger partial charge in [-0.05, 0) is 42.8 Å². The van der Waals surface area contributed by atoms with Gasteiger partial charge in [0.1, 0.15) is 23.6 Å². The number of rotatable bonds is 8. The molecule has 3 N–H and O–H groups in total. The van der Waals surface area contributed by atoms with Gasteiger partial charge in [-0.1, -0.05) is 25.5 Å². The Morgan fingerprint density at radius 2 is 1.72 bits per heavy atom. The van der Waals surface area contributed by atoms with E-state index in [4.69, 9.17) is 10.5 Å². The van der Waals surface area contributed by atoms with Crippen molar-refractivity contribution < 1.29 is 9.13 Å². The maximum atomic E-state index is 14.1. The summed E-state index contributed by atoms with van der Waals surface area (Å²) in [5, 5.41) is 3.27. The summed E-state index contributed by atoms with van der Waals surface area (Å²) in [5.41, 5.74) is 8.41. The molecule has 1 fully saturated rings. The number of nitrogens with two attached hydrogens (primary N) is 1. The smallest absolute Gasteiger partial charge is 0.159 e. The second-order valence-electron chi connectivity index (χ2n) is 7.74. The number of para-hydroxylation sites is 1. The Bertz CT molecular complexity index is 1020. The standard InChI is InChI=1S/C24H29FN6O/c1-2-3-16-32-19-10-8-18(9-11-19)29-23-22(26)24(28-17-27-23)31-14-12-30(13-15-31)21-7-5-4-6-20(21)25/h4-11,17H,2-3,12-16,26H2,1H3,(H,27,28,29). The van der Waals surface area contributed by atoms with E-state index in [-0.39, 0.29) is 5.82 Å². The van der Waals surface area contributed by atoms with Crippen LogP contribution < -0.4 is 25.6 Å². The van der Waals surface area contributed by atoms with Crippen LogP contribution in [0.15, 0.2) is 54.9 Å². The summed E-state index contributed by atoms with van der Waals surface area (Å²) in [4.78, 5) is 12.9. The molecule has 0 spiro atoms. The number of hydrogen-bond acceptors (Lipinski definition) is 7. The molecule has 2 heterocycles. The maximum absolute atomic E-state index is 14.1. The molecule has 0 aliphatic carbocycles. The van der Waals surface area contributed by atoms with E-state index in [0.29, 0.717) is 49.2 Å². The Kier molecular flexibility index (Phi) is 6.89. The molecule has 0 saturated carbocycles. The zero-order valence-electron chi connectivity index (χ0n) is 18.3. The highest BCUT2D eigenvalue weighted by atomic mass is 19.1. The van der Waals surface area contributed by atoms with E-state index >= 15 is 0 Å². The van der Waals surface area contributed by atoms with Crippen LogP contribution in [0.4, 0.5) is 33.1 Å². The molecular formula is C24H29FN6O. The second kappa shape index (κ2) is 10.2. The van der Waals surface area contributed by atoms with Crippen molar-refractivity contribution in [3.05, 3.63) is 60.7 Å². The van der Waals surface area contributed by atoms with Crippen LogP contribution in [0.25, 0.3) is 0 Å². The fourth-order valence-corrected chi connectivity index (χ4v) is 3.71. The van der Waals surface area contributed by atoms with Crippen LogP contribution in [0.3, 0.4) is 0 Å². The Balaban J connectivity index is 1.40. The summed E-state index contributed by atoms with van der Waals surface area (Å²) < 4.78 is 19.8. The van der Waals surface area contributed by atoms with E-state index in [1.807, 2.05) is 41.3 Å². The van der Waals surface area contributed by atoms with Gasteiger partial charge in [0.25, 0.3) is 0 Å². The SMILES string of the molecule is CCCCOc1ccc(Nc2ncnc(N3CCN(c4ccccc4F)CC3)c2N)cc1. The second-order valence-corrected chi connectivity index (χ2v) is 7.74. The Hall–Kier alpha value is -3.55. The third-order valence-electron chi connectivity index (χ3n) is 5.52. The van der Waals surface area contributed by atoms with Crippen molar-refractivity contribution in [3.8, 4) is 5.75 Å². The molecule has 0 unspecified atom stereocenters. The van der Waals surface area contributed by atoms with E-state index in [1.165, 1.54) is 12.4 Å². The zero-order valence-corrected chi connectivity index (χ0v) is 18.3. The minimum Gasteiger partial charge on any atom is -0.494 e. The molecule has 0 bridgehead atoms. The summed E-state index contributed by atoms with van der Waals surface area (Å²) in [6.07, 6.45) is 3.65. The number of aromatic nitrogens is 2. The molecule has 0 radical (unpaired) electrons. The van der Waals surface area contributed by atoms with Crippen molar-refractivity contribution in [1.29, 1.82) is 0 Å². The van der Waals surface area contributed by atoms with Crippen molar-refractivity contribution >= 4 is 28.7 Å². The Morgan fingerprint density at radius 3 is 2.44 bits per heavy atom. The van der Waals surface area contributed by atoms with Crippen molar-refractivity contribution in [2.45, 2.75) is 19.8 Å². The van der Waals surface area contributed by atoms with E-state index in [2.05, 4.69) is 27.1 Å². The number of hydrogen-bond donors (Lipinski definition) is 2. The lowest BCUT2D eigenvalue weighted by Gasteiger charge is -2.37. The summed E-state index contributed by atoms with van der Waals surface area (Å²) in [6.45, 7) is 5.62. The first-order valence-corrected chi connectivity index (χ1v) is 11.0. The lowest BCUT2D eigenvalue weighted by molar-refractivity contribution is 0.309. The first-order valence-electron chi connectivity index (χ1n) is 11.0. The maximum Gasteiger partial charge on any atom is 0.159 e. The lowest BCUT2D eigenvalue weighted by atomic mass is 10.2. The number of anilines is 5. The van der Waals surface area contributed by atoms with Gasteiger partial charge >= 0.3 is 0 Å². The van der Waals surface area contributed by atoms with Crippen molar-refractivity contribution in [1.82, 2.24) is 9.97 Å². The molecule has 0 atom stereocenters. The minimum absolute atomic E-state index is 0.198. The predicted octanol–water partition coefficient (Wildman–Crippen LogP) is 4.45. The van der Waals surface area contributed by atoms with Crippen LogP contribution in [0.1, 0.15) is 19.8 Å². The van der Waals surface area contributed by atoms with Gasteiger partial charge in [-0.15, -0.1) is 0 Å². The van der Waals surface area contributed by atoms with Gasteiger partial charge in [0, 0.05) is 31.9 Å². The van der Waals surface area contributed by atoms with Crippen LogP contribution in [0.5, 0.6) is 5.75 Å². The first kappa shape index (κ1) is 21.7. The zero-order chi connectivity index (χ0) is 22.3. The number of nitrogen functional groups attached to an aromatic ring is 1. The fraction of sp³-hybridized carbons (Fsp3) is 0.333. The van der Waals surface area contributed by atoms with E-state index < -0.39 is 0 Å². The van der Waals surface area contributed by atoms with Gasteiger partial charge in [0.15, 0.2) is 11.6 Å². The van der Waals surface area contributed by atoms with Gasteiger partial charge in [0.2, 0.25) is 0 Å². The van der Waals surface area contributed by atoms with E-state index in [0.717, 1.165) is 30.9 Å². The molecule has 0 amide bonds. The van der Waals surface area contributed by atoms with Crippen LogP contribution in [-0.2, 0) is 0 Å². The summed E-state index contributed by atoms with van der Waals surface area (Å²) >= 11 is 0. The van der Waals surface area contributed by atoms with Gasteiger partial charge < -0.3 is 25.6 Å². The fourth-order valence-electron chi connectivity index (χ4n) is 3.71. The third kappa shape index (κ3) is 5.01. The quantitative estimate of drug-likeness (QED) is 0.505. The largest absolute Gasteiger partial charge is 0.494 e. The summed E-state index contributed by atoms with van der Waals surface area (Å²) in [5.74, 6) is 1.89. The number of nitrogens with one attached hydrogen (secondary N) is 1. The third-order valence-corrected chi connectivity index (χ3v) is 5.52. The highest BCUT2D eigenvalue weighted by molar-refractivity contribution is 5.78. The Morgan fingerprint density at radius 1 is 1.00 bits per heavy atom. The van der Waals surface area contributed by atoms with Gasteiger partial charge in [-0.3, -0.25) is 0 Å². The molecule has 4 rings (SSSR count). The van der Waals surface area contributed by atoms with Crippen molar-refractivity contribution in [2.75, 3.05) is 53.6 Å². The summed E-state index contributed by atoms with van der Waals surface area (Å²) in [6, 6.07) is 14.6. The van der Waals surface area contributed by atoms with Gasteiger partial charge in [-0.2, -0.15) is 0 Å². The molecular weight excluding hydrogens is 407 g/mol. The molecule has 168 valence electrons. The lowest BCUT2D eigenvalue weighted by Crippen LogP contribution is -2.47. The normalized spacial score (nSPS) is 13.8. The minimum atomic E-state index is -0.198. The Labute approximate surface area is 188 Å². The van der Waals surface area contributed by atoms with Crippen molar-refractivity contribution in [2.24, 2.45) is 0 Å².